The molecule has 5 nitrogen and oxygen atoms in total. The first kappa shape index (κ1) is 17.8. The van der Waals surface area contributed by atoms with E-state index in [-0.39, 0.29) is 11.8 Å². The minimum atomic E-state index is -0.671. The Labute approximate surface area is 150 Å². The van der Waals surface area contributed by atoms with E-state index in [0.717, 1.165) is 28.6 Å². The maximum atomic E-state index is 13.4. The van der Waals surface area contributed by atoms with Gasteiger partial charge in [-0.3, -0.25) is 0 Å². The summed E-state index contributed by atoms with van der Waals surface area (Å²) in [6.45, 7) is 7.85. The van der Waals surface area contributed by atoms with E-state index in [4.69, 9.17) is 4.74 Å². The fourth-order valence-corrected chi connectivity index (χ4v) is 2.57. The summed E-state index contributed by atoms with van der Waals surface area (Å²) < 4.78 is 33.9. The fourth-order valence-electron chi connectivity index (χ4n) is 2.57. The number of aromatic nitrogens is 3. The molecule has 3 aromatic rings. The fraction of sp³-hybridized carbons (Fsp3) is 0.263. The van der Waals surface area contributed by atoms with Gasteiger partial charge in [-0.1, -0.05) is 0 Å². The highest BCUT2D eigenvalue weighted by Crippen LogP contribution is 2.30. The smallest absolute Gasteiger partial charge is 0.246 e. The van der Waals surface area contributed by atoms with Crippen LogP contribution in [0.4, 0.5) is 20.4 Å². The Morgan fingerprint density at radius 2 is 1.73 bits per heavy atom. The SMILES string of the molecule is Cc1cc(Nc2ncn(-c3cc(F)cc(F)c3)n2)c(C)c(OC(C)C)c1. The largest absolute Gasteiger partial charge is 0.491 e. The zero-order chi connectivity index (χ0) is 18.8. The molecule has 1 N–H and O–H groups in total. The lowest BCUT2D eigenvalue weighted by molar-refractivity contribution is 0.241. The quantitative estimate of drug-likeness (QED) is 0.719. The minimum absolute atomic E-state index is 0.0588. The number of halogens is 2. The Morgan fingerprint density at radius 1 is 1.04 bits per heavy atom. The normalized spacial score (nSPS) is 11.0. The van der Waals surface area contributed by atoms with Crippen molar-refractivity contribution in [2.75, 3.05) is 5.32 Å². The Hall–Kier alpha value is -2.96. The molecule has 136 valence electrons. The summed E-state index contributed by atoms with van der Waals surface area (Å²) in [7, 11) is 0. The van der Waals surface area contributed by atoms with Crippen LogP contribution in [0.3, 0.4) is 0 Å². The monoisotopic (exact) mass is 358 g/mol. The average molecular weight is 358 g/mol. The van der Waals surface area contributed by atoms with Crippen molar-refractivity contribution in [1.82, 2.24) is 14.8 Å². The number of nitrogens with zero attached hydrogens (tertiary/aromatic N) is 3. The van der Waals surface area contributed by atoms with Crippen molar-refractivity contribution in [3.63, 3.8) is 0 Å². The maximum Gasteiger partial charge on any atom is 0.246 e. The Morgan fingerprint density at radius 3 is 2.38 bits per heavy atom. The molecule has 0 aliphatic rings. The van der Waals surface area contributed by atoms with Gasteiger partial charge in [0.15, 0.2) is 0 Å². The van der Waals surface area contributed by atoms with E-state index < -0.39 is 11.6 Å². The van der Waals surface area contributed by atoms with Crippen LogP contribution in [0, 0.1) is 25.5 Å². The van der Waals surface area contributed by atoms with Gasteiger partial charge in [-0.15, -0.1) is 5.10 Å². The third kappa shape index (κ3) is 3.99. The molecule has 0 saturated heterocycles. The van der Waals surface area contributed by atoms with Gasteiger partial charge in [0.05, 0.1) is 11.8 Å². The van der Waals surface area contributed by atoms with E-state index in [0.29, 0.717) is 5.95 Å². The van der Waals surface area contributed by atoms with E-state index in [9.17, 15) is 8.78 Å². The molecule has 0 atom stereocenters. The van der Waals surface area contributed by atoms with Crippen molar-refractivity contribution in [2.24, 2.45) is 0 Å². The second-order valence-corrected chi connectivity index (χ2v) is 6.37. The van der Waals surface area contributed by atoms with Crippen molar-refractivity contribution in [3.8, 4) is 11.4 Å². The molecular weight excluding hydrogens is 338 g/mol. The van der Waals surface area contributed by atoms with Crippen LogP contribution >= 0.6 is 0 Å². The molecule has 0 amide bonds. The van der Waals surface area contributed by atoms with Gasteiger partial charge in [-0.25, -0.2) is 13.5 Å². The summed E-state index contributed by atoms with van der Waals surface area (Å²) in [4.78, 5) is 4.16. The molecular formula is C19H20F2N4O. The van der Waals surface area contributed by atoms with Gasteiger partial charge in [0, 0.05) is 17.3 Å². The standard InChI is InChI=1S/C19H20F2N4O/c1-11(2)26-18-6-12(3)5-17(13(18)4)23-19-22-10-25(24-19)16-8-14(20)7-15(21)9-16/h5-11H,1-4H3,(H,23,24). The van der Waals surface area contributed by atoms with E-state index in [1.807, 2.05) is 39.8 Å². The molecule has 0 fully saturated rings. The molecule has 2 aromatic carbocycles. The predicted molar refractivity (Wildman–Crippen MR) is 96.2 cm³/mol. The second-order valence-electron chi connectivity index (χ2n) is 6.37. The molecule has 1 heterocycles. The number of anilines is 2. The zero-order valence-electron chi connectivity index (χ0n) is 15.0. The lowest BCUT2D eigenvalue weighted by Crippen LogP contribution is -2.08. The topological polar surface area (TPSA) is 52.0 Å². The first-order valence-corrected chi connectivity index (χ1v) is 8.25. The van der Waals surface area contributed by atoms with E-state index in [2.05, 4.69) is 15.4 Å². The summed E-state index contributed by atoms with van der Waals surface area (Å²) in [5.74, 6) is -0.238. The molecule has 26 heavy (non-hydrogen) atoms. The van der Waals surface area contributed by atoms with Gasteiger partial charge < -0.3 is 10.1 Å². The summed E-state index contributed by atoms with van der Waals surface area (Å²) in [5, 5.41) is 7.38. The Kier molecular flexibility index (Phi) is 4.88. The van der Waals surface area contributed by atoms with Crippen LogP contribution < -0.4 is 10.1 Å². The summed E-state index contributed by atoms with van der Waals surface area (Å²) >= 11 is 0. The molecule has 0 aliphatic heterocycles. The molecule has 3 rings (SSSR count). The van der Waals surface area contributed by atoms with Gasteiger partial charge in [0.1, 0.15) is 23.7 Å². The van der Waals surface area contributed by atoms with Crippen LogP contribution in [0.2, 0.25) is 0 Å². The zero-order valence-corrected chi connectivity index (χ0v) is 15.0. The number of hydrogen-bond acceptors (Lipinski definition) is 4. The number of nitrogens with one attached hydrogen (secondary N) is 1. The molecule has 0 radical (unpaired) electrons. The van der Waals surface area contributed by atoms with Gasteiger partial charge in [0.2, 0.25) is 5.95 Å². The second kappa shape index (κ2) is 7.11. The van der Waals surface area contributed by atoms with Crippen LogP contribution in [-0.2, 0) is 0 Å². The highest BCUT2D eigenvalue weighted by molar-refractivity contribution is 5.63. The van der Waals surface area contributed by atoms with Crippen molar-refractivity contribution >= 4 is 11.6 Å². The van der Waals surface area contributed by atoms with E-state index in [1.165, 1.54) is 23.1 Å². The van der Waals surface area contributed by atoms with Crippen LogP contribution in [0.25, 0.3) is 5.69 Å². The molecule has 0 spiro atoms. The first-order chi connectivity index (χ1) is 12.3. The number of aryl methyl sites for hydroxylation is 1. The Bertz CT molecular complexity index is 917. The minimum Gasteiger partial charge on any atom is -0.491 e. The highest BCUT2D eigenvalue weighted by atomic mass is 19.1. The lowest BCUT2D eigenvalue weighted by Gasteiger charge is -2.16. The van der Waals surface area contributed by atoms with Crippen molar-refractivity contribution in [3.05, 3.63) is 59.4 Å². The summed E-state index contributed by atoms with van der Waals surface area (Å²) in [6, 6.07) is 7.13. The van der Waals surface area contributed by atoms with Gasteiger partial charge in [-0.2, -0.15) is 4.98 Å². The van der Waals surface area contributed by atoms with Crippen LogP contribution in [-0.4, -0.2) is 20.9 Å². The summed E-state index contributed by atoms with van der Waals surface area (Å²) in [6.07, 6.45) is 1.45. The van der Waals surface area contributed by atoms with Crippen LogP contribution in [0.1, 0.15) is 25.0 Å². The van der Waals surface area contributed by atoms with Gasteiger partial charge in [-0.05, 0) is 57.5 Å². The third-order valence-electron chi connectivity index (χ3n) is 3.72. The molecule has 0 bridgehead atoms. The predicted octanol–water partition coefficient (Wildman–Crippen LogP) is 4.69. The van der Waals surface area contributed by atoms with E-state index in [1.54, 1.807) is 0 Å². The maximum absolute atomic E-state index is 13.4. The lowest BCUT2D eigenvalue weighted by atomic mass is 10.1. The number of benzene rings is 2. The van der Waals surface area contributed by atoms with Crippen molar-refractivity contribution < 1.29 is 13.5 Å². The van der Waals surface area contributed by atoms with Crippen LogP contribution in [0.15, 0.2) is 36.7 Å². The number of ether oxygens (including phenoxy) is 1. The number of rotatable bonds is 5. The molecule has 0 unspecified atom stereocenters. The third-order valence-corrected chi connectivity index (χ3v) is 3.72. The number of hydrogen-bond donors (Lipinski definition) is 1. The van der Waals surface area contributed by atoms with Gasteiger partial charge in [0.25, 0.3) is 0 Å². The summed E-state index contributed by atoms with van der Waals surface area (Å²) in [5.41, 5.74) is 3.02. The van der Waals surface area contributed by atoms with Crippen LogP contribution in [0.5, 0.6) is 5.75 Å². The average Bonchev–Trinajstić information content (AvgIpc) is 2.99. The van der Waals surface area contributed by atoms with Crippen molar-refractivity contribution in [2.45, 2.75) is 33.8 Å². The molecule has 7 heteroatoms. The molecule has 0 aliphatic carbocycles. The van der Waals surface area contributed by atoms with E-state index >= 15 is 0 Å². The highest BCUT2D eigenvalue weighted by Gasteiger charge is 2.11. The first-order valence-electron chi connectivity index (χ1n) is 8.25. The Balaban J connectivity index is 1.88. The van der Waals surface area contributed by atoms with Crippen molar-refractivity contribution in [1.29, 1.82) is 0 Å². The molecule has 1 aromatic heterocycles. The van der Waals surface area contributed by atoms with Gasteiger partial charge >= 0.3 is 0 Å². The molecule has 0 saturated carbocycles.